The number of hydrogen-bond donors (Lipinski definition) is 1. The quantitative estimate of drug-likeness (QED) is 0.397. The van der Waals surface area contributed by atoms with Crippen LogP contribution in [0.4, 0.5) is 18.9 Å². The van der Waals surface area contributed by atoms with Crippen LogP contribution in [-0.2, 0) is 6.18 Å². The number of nitriles is 1. The minimum Gasteiger partial charge on any atom is -0.489 e. The fraction of sp³-hybridized carbons (Fsp3) is 0.385. The van der Waals surface area contributed by atoms with Crippen molar-refractivity contribution in [3.05, 3.63) is 23.8 Å². The Bertz CT molecular complexity index is 565. The molecule has 0 atom stereocenters. The number of benzene rings is 1. The summed E-state index contributed by atoms with van der Waals surface area (Å²) in [7, 11) is 0. The van der Waals surface area contributed by atoms with Crippen molar-refractivity contribution in [1.82, 2.24) is 5.32 Å². The number of ether oxygens (including phenoxy) is 1. The van der Waals surface area contributed by atoms with Crippen LogP contribution in [0.2, 0.25) is 0 Å². The maximum Gasteiger partial charge on any atom is 0.416 e. The molecule has 0 unspecified atom stereocenters. The molecule has 0 saturated carbocycles. The van der Waals surface area contributed by atoms with Crippen molar-refractivity contribution in [2.24, 2.45) is 4.99 Å². The molecule has 0 aliphatic heterocycles. The summed E-state index contributed by atoms with van der Waals surface area (Å²) in [6, 6.07) is 3.06. The fourth-order valence-corrected chi connectivity index (χ4v) is 1.75. The normalized spacial score (nSPS) is 12.2. The number of nitrogens with zero attached hydrogens (tertiary/aromatic N) is 2. The average Bonchev–Trinajstić information content (AvgIpc) is 2.38. The molecule has 0 heterocycles. The van der Waals surface area contributed by atoms with Gasteiger partial charge in [-0.3, -0.25) is 5.32 Å². The molecule has 0 radical (unpaired) electrons. The molecule has 0 aromatic heterocycles. The van der Waals surface area contributed by atoms with Crippen molar-refractivity contribution in [1.29, 1.82) is 5.26 Å². The molecular weight excluding hydrogens is 303 g/mol. The number of rotatable bonds is 3. The zero-order valence-electron chi connectivity index (χ0n) is 11.7. The number of amidine groups is 1. The van der Waals surface area contributed by atoms with Gasteiger partial charge in [-0.05, 0) is 38.3 Å². The van der Waals surface area contributed by atoms with Crippen LogP contribution in [0, 0.1) is 11.5 Å². The van der Waals surface area contributed by atoms with E-state index in [4.69, 9.17) is 10.00 Å². The third kappa shape index (κ3) is 5.19. The maximum atomic E-state index is 12.8. The lowest BCUT2D eigenvalue weighted by Crippen LogP contribution is -2.13. The average molecular weight is 317 g/mol. The van der Waals surface area contributed by atoms with Gasteiger partial charge in [0.2, 0.25) is 0 Å². The molecule has 0 bridgehead atoms. The lowest BCUT2D eigenvalue weighted by molar-refractivity contribution is -0.137. The van der Waals surface area contributed by atoms with Crippen LogP contribution in [-0.4, -0.2) is 17.5 Å². The lowest BCUT2D eigenvalue weighted by atomic mass is 10.2. The second kappa shape index (κ2) is 7.22. The van der Waals surface area contributed by atoms with Gasteiger partial charge in [0.15, 0.2) is 11.4 Å². The van der Waals surface area contributed by atoms with Gasteiger partial charge in [-0.2, -0.15) is 18.4 Å². The first-order valence-corrected chi connectivity index (χ1v) is 7.16. The maximum absolute atomic E-state index is 12.8. The highest BCUT2D eigenvalue weighted by Gasteiger charge is 2.31. The molecule has 21 heavy (non-hydrogen) atoms. The van der Waals surface area contributed by atoms with E-state index < -0.39 is 11.7 Å². The second-order valence-electron chi connectivity index (χ2n) is 4.20. The lowest BCUT2D eigenvalue weighted by Gasteiger charge is -2.14. The standard InChI is InChI=1S/C13H14F3N3OS/c1-8(2)20-11-5-4-9(13(14,15)16)6-10(11)19-12(21-3)18-7-17/h4-6,8H,1-3H3,(H,18,19). The van der Waals surface area contributed by atoms with Gasteiger partial charge in [0.1, 0.15) is 11.4 Å². The Morgan fingerprint density at radius 2 is 2.10 bits per heavy atom. The van der Waals surface area contributed by atoms with Gasteiger partial charge < -0.3 is 4.74 Å². The van der Waals surface area contributed by atoms with E-state index in [0.29, 0.717) is 0 Å². The molecule has 1 aromatic rings. The van der Waals surface area contributed by atoms with Crippen molar-refractivity contribution in [2.45, 2.75) is 26.1 Å². The monoisotopic (exact) mass is 317 g/mol. The van der Waals surface area contributed by atoms with Crippen LogP contribution in [0.3, 0.4) is 0 Å². The predicted octanol–water partition coefficient (Wildman–Crippen LogP) is 3.91. The van der Waals surface area contributed by atoms with Gasteiger partial charge in [0.25, 0.3) is 0 Å². The first kappa shape index (κ1) is 17.2. The van der Waals surface area contributed by atoms with E-state index in [1.165, 1.54) is 6.07 Å². The van der Waals surface area contributed by atoms with Crippen molar-refractivity contribution in [3.63, 3.8) is 0 Å². The van der Waals surface area contributed by atoms with Gasteiger partial charge in [-0.1, -0.05) is 11.8 Å². The van der Waals surface area contributed by atoms with E-state index in [2.05, 4.69) is 10.3 Å². The van der Waals surface area contributed by atoms with Crippen LogP contribution >= 0.6 is 11.8 Å². The molecule has 0 aliphatic carbocycles. The SMILES string of the molecule is CSC(=Nc1cc(C(F)(F)F)ccc1OC(C)C)NC#N. The largest absolute Gasteiger partial charge is 0.489 e. The summed E-state index contributed by atoms with van der Waals surface area (Å²) < 4.78 is 43.7. The molecule has 0 aliphatic rings. The molecular formula is C13H14F3N3OS. The number of aliphatic imine (C=N–C) groups is 1. The summed E-state index contributed by atoms with van der Waals surface area (Å²) >= 11 is 1.11. The Morgan fingerprint density at radius 1 is 1.43 bits per heavy atom. The van der Waals surface area contributed by atoms with Crippen molar-refractivity contribution < 1.29 is 17.9 Å². The fourth-order valence-electron chi connectivity index (χ4n) is 1.42. The van der Waals surface area contributed by atoms with E-state index in [0.717, 1.165) is 23.9 Å². The second-order valence-corrected chi connectivity index (χ2v) is 5.00. The summed E-state index contributed by atoms with van der Waals surface area (Å²) in [6.45, 7) is 3.52. The highest BCUT2D eigenvalue weighted by Crippen LogP contribution is 2.37. The molecule has 114 valence electrons. The van der Waals surface area contributed by atoms with Crippen LogP contribution < -0.4 is 10.1 Å². The molecule has 0 spiro atoms. The van der Waals surface area contributed by atoms with Gasteiger partial charge in [-0.15, -0.1) is 0 Å². The first-order chi connectivity index (χ1) is 9.77. The zero-order chi connectivity index (χ0) is 16.0. The molecule has 0 amide bonds. The van der Waals surface area contributed by atoms with Gasteiger partial charge in [0.05, 0.1) is 11.7 Å². The number of alkyl halides is 3. The summed E-state index contributed by atoms with van der Waals surface area (Å²) in [6.07, 6.45) is -1.35. The van der Waals surface area contributed by atoms with Gasteiger partial charge in [-0.25, -0.2) is 4.99 Å². The van der Waals surface area contributed by atoms with Crippen LogP contribution in [0.5, 0.6) is 5.75 Å². The van der Waals surface area contributed by atoms with E-state index in [1.807, 2.05) is 0 Å². The Balaban J connectivity index is 3.32. The highest BCUT2D eigenvalue weighted by atomic mass is 32.2. The first-order valence-electron chi connectivity index (χ1n) is 5.93. The van der Waals surface area contributed by atoms with E-state index in [1.54, 1.807) is 26.3 Å². The van der Waals surface area contributed by atoms with Crippen molar-refractivity contribution >= 4 is 22.6 Å². The van der Waals surface area contributed by atoms with Gasteiger partial charge in [0, 0.05) is 0 Å². The third-order valence-corrected chi connectivity index (χ3v) is 2.81. The Kier molecular flexibility index (Phi) is 5.90. The summed E-state index contributed by atoms with van der Waals surface area (Å²) in [5.41, 5.74) is -0.805. The smallest absolute Gasteiger partial charge is 0.416 e. The van der Waals surface area contributed by atoms with E-state index >= 15 is 0 Å². The summed E-state index contributed by atoms with van der Waals surface area (Å²) in [5, 5.41) is 11.1. The van der Waals surface area contributed by atoms with Crippen LogP contribution in [0.25, 0.3) is 0 Å². The van der Waals surface area contributed by atoms with E-state index in [-0.39, 0.29) is 22.7 Å². The van der Waals surface area contributed by atoms with Crippen LogP contribution in [0.1, 0.15) is 19.4 Å². The molecule has 4 nitrogen and oxygen atoms in total. The summed E-state index contributed by atoms with van der Waals surface area (Å²) in [5.74, 6) is 0.226. The molecule has 1 aromatic carbocycles. The highest BCUT2D eigenvalue weighted by molar-refractivity contribution is 8.13. The Hall–Kier alpha value is -1.88. The third-order valence-electron chi connectivity index (χ3n) is 2.23. The summed E-state index contributed by atoms with van der Waals surface area (Å²) in [4.78, 5) is 4.02. The van der Waals surface area contributed by atoms with Gasteiger partial charge >= 0.3 is 6.18 Å². The minimum absolute atomic E-state index is 0.0191. The number of halogens is 3. The molecule has 0 saturated heterocycles. The number of hydrogen-bond acceptors (Lipinski definition) is 4. The van der Waals surface area contributed by atoms with Crippen molar-refractivity contribution in [3.8, 4) is 11.9 Å². The molecule has 0 fully saturated rings. The number of nitrogens with one attached hydrogen (secondary N) is 1. The van der Waals surface area contributed by atoms with Crippen molar-refractivity contribution in [2.75, 3.05) is 6.26 Å². The number of thioether (sulfide) groups is 1. The molecule has 1 N–H and O–H groups in total. The Labute approximate surface area is 125 Å². The Morgan fingerprint density at radius 3 is 2.57 bits per heavy atom. The van der Waals surface area contributed by atoms with E-state index in [9.17, 15) is 13.2 Å². The van der Waals surface area contributed by atoms with Crippen LogP contribution in [0.15, 0.2) is 23.2 Å². The minimum atomic E-state index is -4.47. The topological polar surface area (TPSA) is 57.4 Å². The predicted molar refractivity (Wildman–Crippen MR) is 76.6 cm³/mol. The molecule has 1 rings (SSSR count). The molecule has 8 heteroatoms. The zero-order valence-corrected chi connectivity index (χ0v) is 12.5.